The summed E-state index contributed by atoms with van der Waals surface area (Å²) in [5.41, 5.74) is 1.63. The van der Waals surface area contributed by atoms with Crippen molar-refractivity contribution in [2.24, 2.45) is 0 Å². The molecule has 4 rings (SSSR count). The number of phenolic OH excluding ortho intramolecular Hbond substituents is 1. The van der Waals surface area contributed by atoms with Gasteiger partial charge in [0, 0.05) is 30.3 Å². The lowest BCUT2D eigenvalue weighted by Crippen LogP contribution is -2.17. The average molecular weight is 324 g/mol. The standard InChI is InChI=1S/C18H16N2O4/c1-22-18-10-14-12(9-15(18)21)16(4-5-19-14)24-11-2-3-13-17(8-11)23-7-6-20-13/h2-5,8-10,20-21H,6-7H2,1H3. The number of methoxy groups -OCH3 is 1. The lowest BCUT2D eigenvalue weighted by molar-refractivity contribution is 0.321. The molecule has 0 fully saturated rings. The Kier molecular flexibility index (Phi) is 3.49. The molecule has 122 valence electrons. The molecule has 0 aliphatic carbocycles. The predicted molar refractivity (Wildman–Crippen MR) is 90.5 cm³/mol. The van der Waals surface area contributed by atoms with Crippen molar-refractivity contribution < 1.29 is 19.3 Å². The maximum atomic E-state index is 10.0. The summed E-state index contributed by atoms with van der Waals surface area (Å²) in [6.07, 6.45) is 1.66. The third kappa shape index (κ3) is 2.52. The first-order valence-corrected chi connectivity index (χ1v) is 7.59. The van der Waals surface area contributed by atoms with Crippen molar-refractivity contribution in [2.75, 3.05) is 25.6 Å². The number of aromatic hydroxyl groups is 1. The zero-order valence-corrected chi connectivity index (χ0v) is 13.1. The number of phenols is 1. The van der Waals surface area contributed by atoms with Crippen molar-refractivity contribution in [3.63, 3.8) is 0 Å². The van der Waals surface area contributed by atoms with E-state index in [-0.39, 0.29) is 5.75 Å². The minimum atomic E-state index is 0.0424. The van der Waals surface area contributed by atoms with Gasteiger partial charge in [0.1, 0.15) is 23.9 Å². The SMILES string of the molecule is COc1cc2nccc(Oc3ccc4c(c3)OCCN4)c2cc1O. The molecule has 0 amide bonds. The van der Waals surface area contributed by atoms with Gasteiger partial charge < -0.3 is 24.6 Å². The Morgan fingerprint density at radius 2 is 2.08 bits per heavy atom. The van der Waals surface area contributed by atoms with Gasteiger partial charge in [-0.25, -0.2) is 0 Å². The van der Waals surface area contributed by atoms with Crippen LogP contribution in [-0.4, -0.2) is 30.4 Å². The second-order valence-corrected chi connectivity index (χ2v) is 5.39. The first kappa shape index (κ1) is 14.4. The summed E-state index contributed by atoms with van der Waals surface area (Å²) in [5.74, 6) is 2.43. The molecule has 0 bridgehead atoms. The van der Waals surface area contributed by atoms with Gasteiger partial charge in [0.05, 0.1) is 18.3 Å². The zero-order chi connectivity index (χ0) is 16.5. The van der Waals surface area contributed by atoms with Crippen LogP contribution in [0.15, 0.2) is 42.6 Å². The van der Waals surface area contributed by atoms with E-state index < -0.39 is 0 Å². The number of nitrogens with one attached hydrogen (secondary N) is 1. The number of anilines is 1. The summed E-state index contributed by atoms with van der Waals surface area (Å²) in [6.45, 7) is 1.42. The van der Waals surface area contributed by atoms with Gasteiger partial charge in [-0.05, 0) is 24.3 Å². The number of hydrogen-bond acceptors (Lipinski definition) is 6. The zero-order valence-electron chi connectivity index (χ0n) is 13.1. The maximum absolute atomic E-state index is 10.0. The Bertz CT molecular complexity index is 911. The van der Waals surface area contributed by atoms with E-state index in [0.29, 0.717) is 34.8 Å². The monoisotopic (exact) mass is 324 g/mol. The molecule has 0 unspecified atom stereocenters. The first-order valence-electron chi connectivity index (χ1n) is 7.59. The third-order valence-electron chi connectivity index (χ3n) is 3.86. The van der Waals surface area contributed by atoms with Crippen LogP contribution in [0, 0.1) is 0 Å². The second kappa shape index (κ2) is 5.81. The van der Waals surface area contributed by atoms with E-state index in [1.54, 1.807) is 24.4 Å². The van der Waals surface area contributed by atoms with E-state index in [4.69, 9.17) is 14.2 Å². The highest BCUT2D eigenvalue weighted by Gasteiger charge is 2.13. The van der Waals surface area contributed by atoms with Gasteiger partial charge in [0.25, 0.3) is 0 Å². The van der Waals surface area contributed by atoms with Gasteiger partial charge in [0.2, 0.25) is 0 Å². The van der Waals surface area contributed by atoms with Crippen LogP contribution in [0.3, 0.4) is 0 Å². The summed E-state index contributed by atoms with van der Waals surface area (Å²) in [7, 11) is 1.50. The molecule has 0 radical (unpaired) electrons. The number of benzene rings is 2. The Morgan fingerprint density at radius 3 is 2.96 bits per heavy atom. The summed E-state index contributed by atoms with van der Waals surface area (Å²) >= 11 is 0. The van der Waals surface area contributed by atoms with E-state index in [2.05, 4.69) is 10.3 Å². The highest BCUT2D eigenvalue weighted by molar-refractivity contribution is 5.88. The number of fused-ring (bicyclic) bond motifs is 2. The molecule has 2 aromatic carbocycles. The molecule has 0 saturated carbocycles. The normalized spacial score (nSPS) is 12.9. The smallest absolute Gasteiger partial charge is 0.162 e. The maximum Gasteiger partial charge on any atom is 0.162 e. The molecule has 1 aromatic heterocycles. The van der Waals surface area contributed by atoms with Crippen molar-refractivity contribution in [1.82, 2.24) is 4.98 Å². The van der Waals surface area contributed by atoms with E-state index in [1.165, 1.54) is 7.11 Å². The minimum absolute atomic E-state index is 0.0424. The predicted octanol–water partition coefficient (Wildman–Crippen LogP) is 3.55. The molecule has 0 spiro atoms. The Labute approximate surface area is 138 Å². The van der Waals surface area contributed by atoms with Gasteiger partial charge in [-0.1, -0.05) is 0 Å². The van der Waals surface area contributed by atoms with E-state index in [0.717, 1.165) is 18.0 Å². The molecule has 0 saturated heterocycles. The fourth-order valence-electron chi connectivity index (χ4n) is 2.69. The third-order valence-corrected chi connectivity index (χ3v) is 3.86. The van der Waals surface area contributed by atoms with Gasteiger partial charge >= 0.3 is 0 Å². The molecular formula is C18H16N2O4. The molecule has 0 atom stereocenters. The highest BCUT2D eigenvalue weighted by atomic mass is 16.5. The van der Waals surface area contributed by atoms with Crippen LogP contribution in [0.4, 0.5) is 5.69 Å². The van der Waals surface area contributed by atoms with Crippen LogP contribution in [0.1, 0.15) is 0 Å². The fourth-order valence-corrected chi connectivity index (χ4v) is 2.69. The van der Waals surface area contributed by atoms with Crippen LogP contribution < -0.4 is 19.5 Å². The number of pyridine rings is 1. The van der Waals surface area contributed by atoms with Crippen LogP contribution in [-0.2, 0) is 0 Å². The molecule has 6 heteroatoms. The largest absolute Gasteiger partial charge is 0.504 e. The van der Waals surface area contributed by atoms with Crippen LogP contribution in [0.2, 0.25) is 0 Å². The highest BCUT2D eigenvalue weighted by Crippen LogP contribution is 2.38. The Balaban J connectivity index is 1.73. The number of aromatic nitrogens is 1. The number of nitrogens with zero attached hydrogens (tertiary/aromatic N) is 1. The molecule has 3 aromatic rings. The van der Waals surface area contributed by atoms with Crippen molar-refractivity contribution in [3.05, 3.63) is 42.6 Å². The van der Waals surface area contributed by atoms with E-state index >= 15 is 0 Å². The van der Waals surface area contributed by atoms with Gasteiger partial charge in [-0.3, -0.25) is 4.98 Å². The van der Waals surface area contributed by atoms with Gasteiger partial charge in [0.15, 0.2) is 11.5 Å². The van der Waals surface area contributed by atoms with Crippen LogP contribution in [0.25, 0.3) is 10.9 Å². The molecule has 2 heterocycles. The topological polar surface area (TPSA) is 72.8 Å². The lowest BCUT2D eigenvalue weighted by Gasteiger charge is -2.19. The average Bonchev–Trinajstić information content (AvgIpc) is 2.61. The number of rotatable bonds is 3. The molecule has 6 nitrogen and oxygen atoms in total. The number of hydrogen-bond donors (Lipinski definition) is 2. The molecule has 1 aliphatic rings. The van der Waals surface area contributed by atoms with Crippen molar-refractivity contribution in [3.8, 4) is 28.7 Å². The lowest BCUT2D eigenvalue weighted by atomic mass is 10.2. The second-order valence-electron chi connectivity index (χ2n) is 5.39. The van der Waals surface area contributed by atoms with Crippen molar-refractivity contribution in [2.45, 2.75) is 0 Å². The summed E-state index contributed by atoms with van der Waals surface area (Å²) in [4.78, 5) is 4.30. The summed E-state index contributed by atoms with van der Waals surface area (Å²) in [5, 5.41) is 14.0. The minimum Gasteiger partial charge on any atom is -0.504 e. The Hall–Kier alpha value is -3.15. The Morgan fingerprint density at radius 1 is 1.17 bits per heavy atom. The fraction of sp³-hybridized carbons (Fsp3) is 0.167. The molecule has 2 N–H and O–H groups in total. The molecular weight excluding hydrogens is 308 g/mol. The summed E-state index contributed by atoms with van der Waals surface area (Å²) < 4.78 is 16.7. The molecule has 1 aliphatic heterocycles. The number of ether oxygens (including phenoxy) is 3. The van der Waals surface area contributed by atoms with E-state index in [1.807, 2.05) is 18.2 Å². The van der Waals surface area contributed by atoms with Gasteiger partial charge in [-0.2, -0.15) is 0 Å². The van der Waals surface area contributed by atoms with Crippen LogP contribution in [0.5, 0.6) is 28.7 Å². The first-order chi connectivity index (χ1) is 11.7. The molecule has 24 heavy (non-hydrogen) atoms. The quantitative estimate of drug-likeness (QED) is 0.767. The summed E-state index contributed by atoms with van der Waals surface area (Å²) in [6, 6.07) is 10.7. The van der Waals surface area contributed by atoms with Gasteiger partial charge in [-0.15, -0.1) is 0 Å². The van der Waals surface area contributed by atoms with E-state index in [9.17, 15) is 5.11 Å². The van der Waals surface area contributed by atoms with Crippen molar-refractivity contribution >= 4 is 16.6 Å². The van der Waals surface area contributed by atoms with Crippen molar-refractivity contribution in [1.29, 1.82) is 0 Å². The van der Waals surface area contributed by atoms with Crippen LogP contribution >= 0.6 is 0 Å².